The summed E-state index contributed by atoms with van der Waals surface area (Å²) in [6.45, 7) is 6.94. The number of benzene rings is 1. The molecule has 0 bridgehead atoms. The molecule has 1 aliphatic heterocycles. The molecule has 3 atom stereocenters. The van der Waals surface area contributed by atoms with Crippen molar-refractivity contribution in [1.29, 1.82) is 0 Å². The molecule has 206 valence electrons. The van der Waals surface area contributed by atoms with Crippen LogP contribution in [0.25, 0.3) is 0 Å². The van der Waals surface area contributed by atoms with Gasteiger partial charge in [-0.2, -0.15) is 5.10 Å². The maximum Gasteiger partial charge on any atom is 0.254 e. The number of fused-ring (bicyclic) bond motifs is 1. The monoisotopic (exact) mass is 531 g/mol. The van der Waals surface area contributed by atoms with E-state index in [1.807, 2.05) is 51.1 Å². The summed E-state index contributed by atoms with van der Waals surface area (Å²) in [6, 6.07) is 12.1. The molecular formula is C29H37N7O3. The molecular weight excluding hydrogens is 494 g/mol. The molecule has 2 aromatic heterocycles. The molecule has 4 rings (SSSR count). The van der Waals surface area contributed by atoms with Crippen LogP contribution in [0.5, 0.6) is 0 Å². The van der Waals surface area contributed by atoms with Gasteiger partial charge in [0.1, 0.15) is 17.7 Å². The molecule has 3 heterocycles. The maximum absolute atomic E-state index is 13.6. The normalized spacial score (nSPS) is 19.8. The molecule has 10 heteroatoms. The predicted molar refractivity (Wildman–Crippen MR) is 147 cm³/mol. The van der Waals surface area contributed by atoms with Crippen LogP contribution in [-0.2, 0) is 22.6 Å². The second kappa shape index (κ2) is 13.1. The van der Waals surface area contributed by atoms with Crippen LogP contribution in [0.3, 0.4) is 0 Å². The minimum atomic E-state index is -0.685. The minimum Gasteiger partial charge on any atom is -0.344 e. The molecule has 39 heavy (non-hydrogen) atoms. The van der Waals surface area contributed by atoms with Crippen LogP contribution in [0, 0.1) is 12.8 Å². The van der Waals surface area contributed by atoms with Crippen molar-refractivity contribution in [2.24, 2.45) is 5.92 Å². The van der Waals surface area contributed by atoms with Crippen molar-refractivity contribution in [2.45, 2.75) is 65.1 Å². The van der Waals surface area contributed by atoms with Crippen LogP contribution in [0.15, 0.2) is 54.9 Å². The highest BCUT2D eigenvalue weighted by molar-refractivity contribution is 5.94. The van der Waals surface area contributed by atoms with Gasteiger partial charge in [0, 0.05) is 37.5 Å². The molecule has 0 radical (unpaired) electrons. The number of nitrogens with one attached hydrogen (secondary N) is 2. The van der Waals surface area contributed by atoms with Crippen LogP contribution in [-0.4, -0.2) is 61.5 Å². The van der Waals surface area contributed by atoms with Gasteiger partial charge in [0.25, 0.3) is 5.91 Å². The molecule has 0 fully saturated rings. The third-order valence-electron chi connectivity index (χ3n) is 7.16. The van der Waals surface area contributed by atoms with E-state index >= 15 is 0 Å². The minimum absolute atomic E-state index is 0.0661. The van der Waals surface area contributed by atoms with Crippen LogP contribution >= 0.6 is 0 Å². The molecule has 3 aromatic rings. The second-order valence-electron chi connectivity index (χ2n) is 10.1. The van der Waals surface area contributed by atoms with Crippen molar-refractivity contribution in [3.8, 4) is 0 Å². The molecule has 3 amide bonds. The number of aryl methyl sites for hydroxylation is 1. The summed E-state index contributed by atoms with van der Waals surface area (Å²) in [6.07, 6.45) is 5.10. The Morgan fingerprint density at radius 2 is 1.79 bits per heavy atom. The summed E-state index contributed by atoms with van der Waals surface area (Å²) < 4.78 is 1.79. The van der Waals surface area contributed by atoms with Crippen molar-refractivity contribution in [1.82, 2.24) is 35.3 Å². The zero-order valence-corrected chi connectivity index (χ0v) is 22.8. The van der Waals surface area contributed by atoms with Gasteiger partial charge in [-0.3, -0.25) is 19.4 Å². The molecule has 1 aromatic carbocycles. The van der Waals surface area contributed by atoms with Crippen LogP contribution in [0.2, 0.25) is 0 Å². The SMILES string of the molecule is CC[C@H](C)[C@@H]1NC(=O)CCCN(C(=O)c2ccncc2)CCn2nc(C)nc2[C@H](Cc2ccccc2)NC1=O. The Morgan fingerprint density at radius 3 is 2.51 bits per heavy atom. The van der Waals surface area contributed by atoms with Crippen molar-refractivity contribution < 1.29 is 14.4 Å². The maximum atomic E-state index is 13.6. The summed E-state index contributed by atoms with van der Waals surface area (Å²) in [7, 11) is 0. The number of pyridine rings is 1. The number of nitrogens with zero attached hydrogens (tertiary/aromatic N) is 5. The van der Waals surface area contributed by atoms with Gasteiger partial charge in [-0.15, -0.1) is 0 Å². The fourth-order valence-corrected chi connectivity index (χ4v) is 4.80. The molecule has 0 saturated heterocycles. The summed E-state index contributed by atoms with van der Waals surface area (Å²) in [5.74, 6) is 0.561. The fraction of sp³-hybridized carbons (Fsp3) is 0.448. The molecule has 2 N–H and O–H groups in total. The van der Waals surface area contributed by atoms with E-state index in [0.29, 0.717) is 49.7 Å². The smallest absolute Gasteiger partial charge is 0.254 e. The molecule has 0 unspecified atom stereocenters. The van der Waals surface area contributed by atoms with Gasteiger partial charge in [-0.05, 0) is 43.4 Å². The third kappa shape index (κ3) is 7.28. The lowest BCUT2D eigenvalue weighted by Crippen LogP contribution is -2.51. The Bertz CT molecular complexity index is 1260. The van der Waals surface area contributed by atoms with Gasteiger partial charge in [0.2, 0.25) is 11.8 Å². The van der Waals surface area contributed by atoms with Gasteiger partial charge in [-0.1, -0.05) is 50.6 Å². The molecule has 0 spiro atoms. The third-order valence-corrected chi connectivity index (χ3v) is 7.16. The van der Waals surface area contributed by atoms with E-state index in [1.165, 1.54) is 0 Å². The van der Waals surface area contributed by atoms with Gasteiger partial charge in [-0.25, -0.2) is 9.67 Å². The second-order valence-corrected chi connectivity index (χ2v) is 10.1. The van der Waals surface area contributed by atoms with Gasteiger partial charge in [0.05, 0.1) is 12.6 Å². The lowest BCUT2D eigenvalue weighted by molar-refractivity contribution is -0.130. The number of aromatic nitrogens is 4. The van der Waals surface area contributed by atoms with E-state index in [0.717, 1.165) is 12.0 Å². The summed E-state index contributed by atoms with van der Waals surface area (Å²) in [4.78, 5) is 50.3. The topological polar surface area (TPSA) is 122 Å². The first-order valence-electron chi connectivity index (χ1n) is 13.6. The number of carbonyl (C=O) groups excluding carboxylic acids is 3. The first kappa shape index (κ1) is 27.9. The molecule has 10 nitrogen and oxygen atoms in total. The number of rotatable bonds is 5. The van der Waals surface area contributed by atoms with E-state index < -0.39 is 12.1 Å². The number of hydrogen-bond donors (Lipinski definition) is 2. The predicted octanol–water partition coefficient (Wildman–Crippen LogP) is 2.85. The van der Waals surface area contributed by atoms with Crippen LogP contribution in [0.4, 0.5) is 0 Å². The Kier molecular flexibility index (Phi) is 9.40. The first-order chi connectivity index (χ1) is 18.9. The van der Waals surface area contributed by atoms with Gasteiger partial charge in [0.15, 0.2) is 0 Å². The fourth-order valence-electron chi connectivity index (χ4n) is 4.80. The Hall–Kier alpha value is -4.08. The van der Waals surface area contributed by atoms with E-state index in [2.05, 4.69) is 20.7 Å². The van der Waals surface area contributed by atoms with Crippen LogP contribution < -0.4 is 10.6 Å². The largest absolute Gasteiger partial charge is 0.344 e. The Balaban J connectivity index is 1.70. The Labute approximate surface area is 229 Å². The van der Waals surface area contributed by atoms with E-state index in [-0.39, 0.29) is 30.1 Å². The molecule has 1 aliphatic rings. The zero-order valence-electron chi connectivity index (χ0n) is 22.8. The quantitative estimate of drug-likeness (QED) is 0.522. The average molecular weight is 532 g/mol. The number of hydrogen-bond acceptors (Lipinski definition) is 6. The lowest BCUT2D eigenvalue weighted by atomic mass is 9.97. The van der Waals surface area contributed by atoms with Crippen LogP contribution in [0.1, 0.15) is 66.7 Å². The Morgan fingerprint density at radius 1 is 1.05 bits per heavy atom. The highest BCUT2D eigenvalue weighted by Gasteiger charge is 2.30. The number of carbonyl (C=O) groups is 3. The van der Waals surface area contributed by atoms with Crippen molar-refractivity contribution in [2.75, 3.05) is 13.1 Å². The molecule has 0 aliphatic carbocycles. The van der Waals surface area contributed by atoms with Crippen molar-refractivity contribution >= 4 is 17.7 Å². The highest BCUT2D eigenvalue weighted by Crippen LogP contribution is 2.20. The zero-order chi connectivity index (χ0) is 27.8. The average Bonchev–Trinajstić information content (AvgIpc) is 3.33. The summed E-state index contributed by atoms with van der Waals surface area (Å²) in [5, 5.41) is 10.7. The van der Waals surface area contributed by atoms with Gasteiger partial charge >= 0.3 is 0 Å². The standard InChI is InChI=1S/C29H37N7O3/c1-4-20(2)26-28(38)32-24(19-22-9-6-5-7-10-22)27-31-21(3)34-36(27)18-17-35(16-8-11-25(37)33-26)29(39)23-12-14-30-15-13-23/h5-7,9-10,12-15,20,24,26H,4,8,11,16-19H2,1-3H3,(H,32,38)(H,33,37)/t20-,24-,26-/m0/s1. The van der Waals surface area contributed by atoms with Crippen molar-refractivity contribution in [3.05, 3.63) is 77.6 Å². The van der Waals surface area contributed by atoms with Gasteiger partial charge < -0.3 is 15.5 Å². The lowest BCUT2D eigenvalue weighted by Gasteiger charge is -2.28. The summed E-state index contributed by atoms with van der Waals surface area (Å²) >= 11 is 0. The number of amides is 3. The summed E-state index contributed by atoms with van der Waals surface area (Å²) in [5.41, 5.74) is 1.58. The van der Waals surface area contributed by atoms with Crippen molar-refractivity contribution in [3.63, 3.8) is 0 Å². The van der Waals surface area contributed by atoms with E-state index in [4.69, 9.17) is 4.98 Å². The molecule has 0 saturated carbocycles. The highest BCUT2D eigenvalue weighted by atomic mass is 16.2. The van der Waals surface area contributed by atoms with E-state index in [1.54, 1.807) is 34.1 Å². The van der Waals surface area contributed by atoms with E-state index in [9.17, 15) is 14.4 Å². The first-order valence-corrected chi connectivity index (χ1v) is 13.6.